The van der Waals surface area contributed by atoms with E-state index in [1.807, 2.05) is 26.0 Å². The average molecular weight is 342 g/mol. The molecule has 5 nitrogen and oxygen atoms in total. The third-order valence-electron chi connectivity index (χ3n) is 4.71. The molecule has 1 amide bonds. The fourth-order valence-corrected chi connectivity index (χ4v) is 3.30. The Kier molecular flexibility index (Phi) is 5.11. The molecule has 0 radical (unpaired) electrons. The van der Waals surface area contributed by atoms with Crippen LogP contribution in [0.1, 0.15) is 48.8 Å². The molecule has 0 unspecified atom stereocenters. The Labute approximate surface area is 148 Å². The molecule has 2 aromatic rings. The molecule has 25 heavy (non-hydrogen) atoms. The zero-order chi connectivity index (χ0) is 18.0. The number of rotatable bonds is 5. The van der Waals surface area contributed by atoms with E-state index in [1.54, 1.807) is 6.07 Å². The average Bonchev–Trinajstić information content (AvgIpc) is 2.94. The largest absolute Gasteiger partial charge is 0.452 e. The van der Waals surface area contributed by atoms with Crippen molar-refractivity contribution in [2.45, 2.75) is 40.0 Å². The van der Waals surface area contributed by atoms with E-state index in [4.69, 9.17) is 4.74 Å². The fraction of sp³-hybridized carbons (Fsp3) is 0.500. The molecule has 1 aromatic heterocycles. The maximum absolute atomic E-state index is 12.3. The van der Waals surface area contributed by atoms with Crippen molar-refractivity contribution in [2.24, 2.45) is 11.8 Å². The summed E-state index contributed by atoms with van der Waals surface area (Å²) in [4.78, 5) is 27.4. The molecule has 0 spiro atoms. The molecular weight excluding hydrogens is 316 g/mol. The van der Waals surface area contributed by atoms with Gasteiger partial charge in [-0.05, 0) is 54.9 Å². The number of nitrogens with one attached hydrogen (secondary N) is 2. The van der Waals surface area contributed by atoms with E-state index < -0.39 is 5.97 Å². The summed E-state index contributed by atoms with van der Waals surface area (Å²) >= 11 is 0. The monoisotopic (exact) mass is 342 g/mol. The third-order valence-corrected chi connectivity index (χ3v) is 4.71. The van der Waals surface area contributed by atoms with E-state index in [2.05, 4.69) is 17.2 Å². The second kappa shape index (κ2) is 7.30. The second-order valence-electron chi connectivity index (χ2n) is 7.46. The first-order valence-electron chi connectivity index (χ1n) is 9.01. The van der Waals surface area contributed by atoms with E-state index in [0.717, 1.165) is 23.7 Å². The van der Waals surface area contributed by atoms with Gasteiger partial charge in [0, 0.05) is 23.1 Å². The van der Waals surface area contributed by atoms with Crippen LogP contribution in [0.25, 0.3) is 10.9 Å². The van der Waals surface area contributed by atoms with E-state index in [1.165, 1.54) is 17.7 Å². The lowest BCUT2D eigenvalue weighted by Crippen LogP contribution is -2.31. The van der Waals surface area contributed by atoms with Crippen LogP contribution in [0.2, 0.25) is 0 Å². The van der Waals surface area contributed by atoms with Crippen LogP contribution in [0.15, 0.2) is 18.2 Å². The number of esters is 1. The Morgan fingerprint density at radius 3 is 2.92 bits per heavy atom. The molecule has 1 aromatic carbocycles. The Hall–Kier alpha value is -2.30. The van der Waals surface area contributed by atoms with Crippen molar-refractivity contribution in [3.63, 3.8) is 0 Å². The van der Waals surface area contributed by atoms with Gasteiger partial charge >= 0.3 is 5.97 Å². The Balaban J connectivity index is 1.70. The van der Waals surface area contributed by atoms with Crippen molar-refractivity contribution in [3.8, 4) is 0 Å². The summed E-state index contributed by atoms with van der Waals surface area (Å²) in [5, 5.41) is 3.84. The molecule has 5 heteroatoms. The number of hydrogen-bond donors (Lipinski definition) is 2. The highest BCUT2D eigenvalue weighted by Crippen LogP contribution is 2.32. The highest BCUT2D eigenvalue weighted by atomic mass is 16.5. The first kappa shape index (κ1) is 17.5. The number of carbonyl (C=O) groups is 2. The summed E-state index contributed by atoms with van der Waals surface area (Å²) in [5.41, 5.74) is 4.15. The molecule has 0 bridgehead atoms. The number of amides is 1. The molecule has 0 aliphatic heterocycles. The van der Waals surface area contributed by atoms with E-state index in [9.17, 15) is 9.59 Å². The summed E-state index contributed by atoms with van der Waals surface area (Å²) in [6.07, 6.45) is 3.28. The number of H-pyrrole nitrogens is 1. The number of aryl methyl sites for hydroxylation is 1. The number of hydrogen-bond acceptors (Lipinski definition) is 3. The normalized spacial score (nSPS) is 16.7. The van der Waals surface area contributed by atoms with E-state index in [-0.39, 0.29) is 12.5 Å². The van der Waals surface area contributed by atoms with Crippen LogP contribution in [0, 0.1) is 11.8 Å². The summed E-state index contributed by atoms with van der Waals surface area (Å²) in [7, 11) is 0. The lowest BCUT2D eigenvalue weighted by atomic mass is 9.87. The number of aromatic nitrogens is 1. The zero-order valence-electron chi connectivity index (χ0n) is 15.1. The van der Waals surface area contributed by atoms with Crippen molar-refractivity contribution >= 4 is 22.8 Å². The molecule has 0 fully saturated rings. The van der Waals surface area contributed by atoms with Crippen molar-refractivity contribution in [3.05, 3.63) is 35.0 Å². The van der Waals surface area contributed by atoms with Gasteiger partial charge in [0.2, 0.25) is 0 Å². The number of aromatic amines is 1. The van der Waals surface area contributed by atoms with Crippen molar-refractivity contribution in [1.82, 2.24) is 10.3 Å². The van der Waals surface area contributed by atoms with Crippen molar-refractivity contribution in [2.75, 3.05) is 13.2 Å². The minimum atomic E-state index is -0.458. The minimum Gasteiger partial charge on any atom is -0.452 e. The van der Waals surface area contributed by atoms with Gasteiger partial charge in [0.15, 0.2) is 6.61 Å². The van der Waals surface area contributed by atoms with Crippen LogP contribution < -0.4 is 5.32 Å². The molecule has 1 atom stereocenters. The van der Waals surface area contributed by atoms with Crippen LogP contribution in [-0.2, 0) is 22.4 Å². The van der Waals surface area contributed by atoms with Gasteiger partial charge in [-0.3, -0.25) is 4.79 Å². The maximum Gasteiger partial charge on any atom is 0.338 e. The van der Waals surface area contributed by atoms with Gasteiger partial charge in [0.05, 0.1) is 5.56 Å². The molecule has 0 saturated carbocycles. The Bertz CT molecular complexity index is 792. The summed E-state index contributed by atoms with van der Waals surface area (Å²) < 4.78 is 5.15. The van der Waals surface area contributed by atoms with Crippen LogP contribution >= 0.6 is 0 Å². The highest BCUT2D eigenvalue weighted by Gasteiger charge is 2.21. The summed E-state index contributed by atoms with van der Waals surface area (Å²) in [5.74, 6) is 0.298. The van der Waals surface area contributed by atoms with Crippen molar-refractivity contribution in [1.29, 1.82) is 0 Å². The molecule has 1 aliphatic rings. The topological polar surface area (TPSA) is 71.2 Å². The van der Waals surface area contributed by atoms with Gasteiger partial charge in [-0.25, -0.2) is 4.79 Å². The zero-order valence-corrected chi connectivity index (χ0v) is 15.1. The number of ether oxygens (including phenoxy) is 1. The second-order valence-corrected chi connectivity index (χ2v) is 7.46. The van der Waals surface area contributed by atoms with Crippen LogP contribution in [0.3, 0.4) is 0 Å². The van der Waals surface area contributed by atoms with E-state index in [0.29, 0.717) is 23.9 Å². The first-order valence-corrected chi connectivity index (χ1v) is 9.01. The molecule has 1 aliphatic carbocycles. The lowest BCUT2D eigenvalue weighted by molar-refractivity contribution is -0.124. The predicted molar refractivity (Wildman–Crippen MR) is 97.6 cm³/mol. The van der Waals surface area contributed by atoms with Gasteiger partial charge in [-0.1, -0.05) is 20.8 Å². The van der Waals surface area contributed by atoms with Gasteiger partial charge in [-0.2, -0.15) is 0 Å². The Morgan fingerprint density at radius 2 is 2.16 bits per heavy atom. The standard InChI is InChI=1S/C20H26N2O3/c1-12(2)10-21-19(23)11-25-20(24)14-5-7-18-16(9-14)15-8-13(3)4-6-17(15)22-18/h5,7,9,12-13,22H,4,6,8,10-11H2,1-3H3,(H,21,23)/t13-/m0/s1. The van der Waals surface area contributed by atoms with E-state index >= 15 is 0 Å². The fourth-order valence-electron chi connectivity index (χ4n) is 3.30. The lowest BCUT2D eigenvalue weighted by Gasteiger charge is -2.18. The third kappa shape index (κ3) is 4.03. The van der Waals surface area contributed by atoms with Gasteiger partial charge < -0.3 is 15.0 Å². The van der Waals surface area contributed by atoms with Crippen LogP contribution in [0.5, 0.6) is 0 Å². The van der Waals surface area contributed by atoms with Gasteiger partial charge in [0.1, 0.15) is 0 Å². The maximum atomic E-state index is 12.3. The molecule has 0 saturated heterocycles. The van der Waals surface area contributed by atoms with Crippen LogP contribution in [-0.4, -0.2) is 30.0 Å². The molecule has 2 N–H and O–H groups in total. The summed E-state index contributed by atoms with van der Waals surface area (Å²) in [6, 6.07) is 5.56. The van der Waals surface area contributed by atoms with Gasteiger partial charge in [-0.15, -0.1) is 0 Å². The summed E-state index contributed by atoms with van der Waals surface area (Å²) in [6.45, 7) is 6.62. The molecular formula is C20H26N2O3. The molecule has 1 heterocycles. The highest BCUT2D eigenvalue weighted by molar-refractivity contribution is 5.97. The molecule has 3 rings (SSSR count). The minimum absolute atomic E-state index is 0.244. The SMILES string of the molecule is CC(C)CNC(=O)COC(=O)c1ccc2[nH]c3c(c2c1)C[C@@H](C)CC3. The van der Waals surface area contributed by atoms with Gasteiger partial charge in [0.25, 0.3) is 5.91 Å². The number of benzene rings is 1. The van der Waals surface area contributed by atoms with Crippen molar-refractivity contribution < 1.29 is 14.3 Å². The predicted octanol–water partition coefficient (Wildman–Crippen LogP) is 3.22. The smallest absolute Gasteiger partial charge is 0.338 e. The Morgan fingerprint density at radius 1 is 1.36 bits per heavy atom. The first-order chi connectivity index (χ1) is 11.9. The quantitative estimate of drug-likeness (QED) is 0.820. The molecule has 134 valence electrons. The van der Waals surface area contributed by atoms with Crippen LogP contribution in [0.4, 0.5) is 0 Å². The number of carbonyl (C=O) groups excluding carboxylic acids is 2. The number of fused-ring (bicyclic) bond motifs is 3.